The minimum absolute atomic E-state index is 0.141. The van der Waals surface area contributed by atoms with E-state index in [0.717, 1.165) is 6.42 Å². The van der Waals surface area contributed by atoms with Crippen molar-refractivity contribution in [3.63, 3.8) is 0 Å². The van der Waals surface area contributed by atoms with Crippen LogP contribution < -0.4 is 11.1 Å². The maximum absolute atomic E-state index is 11.5. The molecule has 0 radical (unpaired) electrons. The fourth-order valence-electron chi connectivity index (χ4n) is 3.16. The van der Waals surface area contributed by atoms with E-state index in [1.807, 2.05) is 0 Å². The molecule has 114 valence electrons. The normalized spacial score (nSPS) is 42.6. The molecule has 20 heavy (non-hydrogen) atoms. The molecule has 0 saturated carbocycles. The van der Waals surface area contributed by atoms with E-state index in [9.17, 15) is 4.79 Å². The highest BCUT2D eigenvalue weighted by molar-refractivity contribution is 6.20. The molecule has 1 amide bonds. The SMILES string of the molecule is CC1CC(C)N(C)C(NC2CC(Cl)N=NC2C(N)=O)C1. The summed E-state index contributed by atoms with van der Waals surface area (Å²) >= 11 is 6.03. The molecule has 0 aliphatic carbocycles. The number of amides is 1. The molecular weight excluding hydrogens is 278 g/mol. The lowest BCUT2D eigenvalue weighted by Crippen LogP contribution is -2.59. The third kappa shape index (κ3) is 3.48. The maximum atomic E-state index is 11.5. The molecule has 6 nitrogen and oxygen atoms in total. The monoisotopic (exact) mass is 301 g/mol. The zero-order valence-corrected chi connectivity index (χ0v) is 13.0. The average Bonchev–Trinajstić information content (AvgIpc) is 2.35. The van der Waals surface area contributed by atoms with Crippen LogP contribution in [0.15, 0.2) is 10.2 Å². The van der Waals surface area contributed by atoms with Crippen LogP contribution in [0.3, 0.4) is 0 Å². The summed E-state index contributed by atoms with van der Waals surface area (Å²) in [4.78, 5) is 13.8. The van der Waals surface area contributed by atoms with Crippen molar-refractivity contribution in [3.8, 4) is 0 Å². The van der Waals surface area contributed by atoms with Gasteiger partial charge in [0.25, 0.3) is 0 Å². The Morgan fingerprint density at radius 2 is 2.00 bits per heavy atom. The van der Waals surface area contributed by atoms with Gasteiger partial charge in [-0.3, -0.25) is 15.0 Å². The Balaban J connectivity index is 2.06. The van der Waals surface area contributed by atoms with Crippen molar-refractivity contribution in [1.82, 2.24) is 10.2 Å². The molecule has 0 spiro atoms. The van der Waals surface area contributed by atoms with Gasteiger partial charge in [-0.1, -0.05) is 18.5 Å². The molecule has 1 saturated heterocycles. The molecule has 0 aromatic heterocycles. The zero-order valence-electron chi connectivity index (χ0n) is 12.3. The predicted molar refractivity (Wildman–Crippen MR) is 78.4 cm³/mol. The number of azo groups is 1. The Labute approximate surface area is 125 Å². The number of nitrogens with zero attached hydrogens (tertiary/aromatic N) is 3. The second-order valence-electron chi connectivity index (χ2n) is 6.13. The van der Waals surface area contributed by atoms with Crippen molar-refractivity contribution >= 4 is 17.5 Å². The summed E-state index contributed by atoms with van der Waals surface area (Å²) in [6.07, 6.45) is 3.03. The summed E-state index contributed by atoms with van der Waals surface area (Å²) in [5.74, 6) is 0.206. The number of nitrogens with one attached hydrogen (secondary N) is 1. The van der Waals surface area contributed by atoms with E-state index in [1.165, 1.54) is 6.42 Å². The smallest absolute Gasteiger partial charge is 0.245 e. The van der Waals surface area contributed by atoms with Gasteiger partial charge in [0.1, 0.15) is 5.50 Å². The van der Waals surface area contributed by atoms with Crippen LogP contribution in [0.4, 0.5) is 0 Å². The first-order valence-corrected chi connectivity index (χ1v) is 7.63. The summed E-state index contributed by atoms with van der Waals surface area (Å²) < 4.78 is 0. The Hall–Kier alpha value is -0.720. The quantitative estimate of drug-likeness (QED) is 0.609. The lowest BCUT2D eigenvalue weighted by molar-refractivity contribution is -0.120. The van der Waals surface area contributed by atoms with Gasteiger partial charge in [0.2, 0.25) is 5.91 Å². The molecule has 0 aromatic carbocycles. The molecule has 2 aliphatic heterocycles. The number of rotatable bonds is 3. The second-order valence-corrected chi connectivity index (χ2v) is 6.63. The molecule has 2 aliphatic rings. The van der Waals surface area contributed by atoms with Crippen LogP contribution in [0.2, 0.25) is 0 Å². The molecule has 7 heteroatoms. The fourth-order valence-corrected chi connectivity index (χ4v) is 3.40. The number of halogens is 1. The van der Waals surface area contributed by atoms with Gasteiger partial charge < -0.3 is 5.73 Å². The molecular formula is C13H24ClN5O. The van der Waals surface area contributed by atoms with Crippen LogP contribution in [0, 0.1) is 5.92 Å². The van der Waals surface area contributed by atoms with Gasteiger partial charge in [0, 0.05) is 18.5 Å². The number of primary amides is 1. The van der Waals surface area contributed by atoms with Crippen LogP contribution >= 0.6 is 11.6 Å². The van der Waals surface area contributed by atoms with Crippen molar-refractivity contribution in [2.45, 2.75) is 62.9 Å². The topological polar surface area (TPSA) is 83.1 Å². The summed E-state index contributed by atoms with van der Waals surface area (Å²) in [7, 11) is 2.11. The van der Waals surface area contributed by atoms with Crippen LogP contribution in [-0.4, -0.2) is 47.6 Å². The van der Waals surface area contributed by atoms with Gasteiger partial charge in [0.05, 0.1) is 6.17 Å². The van der Waals surface area contributed by atoms with Crippen molar-refractivity contribution < 1.29 is 4.79 Å². The van der Waals surface area contributed by atoms with E-state index in [2.05, 4.69) is 41.3 Å². The van der Waals surface area contributed by atoms with E-state index in [1.54, 1.807) is 0 Å². The highest BCUT2D eigenvalue weighted by Gasteiger charge is 2.36. The van der Waals surface area contributed by atoms with Crippen LogP contribution in [0.5, 0.6) is 0 Å². The molecule has 0 aromatic rings. The van der Waals surface area contributed by atoms with Crippen LogP contribution in [0.1, 0.15) is 33.1 Å². The van der Waals surface area contributed by atoms with Gasteiger partial charge in [0.15, 0.2) is 6.04 Å². The van der Waals surface area contributed by atoms with Crippen LogP contribution in [-0.2, 0) is 4.79 Å². The number of alkyl halides is 1. The van der Waals surface area contributed by atoms with Crippen LogP contribution in [0.25, 0.3) is 0 Å². The van der Waals surface area contributed by atoms with Gasteiger partial charge in [-0.15, -0.1) is 0 Å². The van der Waals surface area contributed by atoms with Gasteiger partial charge in [-0.05, 0) is 32.7 Å². The van der Waals surface area contributed by atoms with Crippen molar-refractivity contribution in [2.24, 2.45) is 21.9 Å². The van der Waals surface area contributed by atoms with Crippen molar-refractivity contribution in [3.05, 3.63) is 0 Å². The summed E-state index contributed by atoms with van der Waals surface area (Å²) in [5, 5.41) is 11.3. The van der Waals surface area contributed by atoms with E-state index < -0.39 is 11.9 Å². The highest BCUT2D eigenvalue weighted by atomic mass is 35.5. The first-order chi connectivity index (χ1) is 9.38. The average molecular weight is 302 g/mol. The maximum Gasteiger partial charge on any atom is 0.245 e. The Kier molecular flexibility index (Phi) is 4.99. The molecule has 1 fully saturated rings. The van der Waals surface area contributed by atoms with Gasteiger partial charge >= 0.3 is 0 Å². The second kappa shape index (κ2) is 6.37. The Morgan fingerprint density at radius 1 is 1.30 bits per heavy atom. The van der Waals surface area contributed by atoms with Gasteiger partial charge in [-0.25, -0.2) is 0 Å². The number of piperidine rings is 1. The van der Waals surface area contributed by atoms with Crippen molar-refractivity contribution in [1.29, 1.82) is 0 Å². The van der Waals surface area contributed by atoms with E-state index in [4.69, 9.17) is 17.3 Å². The van der Waals surface area contributed by atoms with E-state index in [0.29, 0.717) is 18.4 Å². The summed E-state index contributed by atoms with van der Waals surface area (Å²) in [6.45, 7) is 4.48. The largest absolute Gasteiger partial charge is 0.368 e. The lowest BCUT2D eigenvalue weighted by atomic mass is 9.90. The predicted octanol–water partition coefficient (Wildman–Crippen LogP) is 1.30. The van der Waals surface area contributed by atoms with E-state index >= 15 is 0 Å². The molecule has 6 atom stereocenters. The minimum Gasteiger partial charge on any atom is -0.368 e. The number of carbonyl (C=O) groups is 1. The van der Waals surface area contributed by atoms with Crippen molar-refractivity contribution in [2.75, 3.05) is 7.05 Å². The van der Waals surface area contributed by atoms with E-state index in [-0.39, 0.29) is 17.7 Å². The number of hydrogen-bond acceptors (Lipinski definition) is 5. The molecule has 3 N–H and O–H groups in total. The fraction of sp³-hybridized carbons (Fsp3) is 0.923. The molecule has 0 bridgehead atoms. The first kappa shape index (κ1) is 15.7. The standard InChI is InChI=1S/C13H24ClN5O/c1-7-4-8(2)19(3)11(5-7)16-9-6-10(14)17-18-12(9)13(15)20/h7-12,16H,4-6H2,1-3H3,(H2,15,20). The molecule has 2 heterocycles. The number of nitrogens with two attached hydrogens (primary N) is 1. The first-order valence-electron chi connectivity index (χ1n) is 7.19. The summed E-state index contributed by atoms with van der Waals surface area (Å²) in [5.41, 5.74) is 5.03. The minimum atomic E-state index is -0.620. The Bertz CT molecular complexity index is 391. The number of hydrogen-bond donors (Lipinski definition) is 2. The Morgan fingerprint density at radius 3 is 2.65 bits per heavy atom. The lowest BCUT2D eigenvalue weighted by Gasteiger charge is -2.43. The zero-order chi connectivity index (χ0) is 14.9. The van der Waals surface area contributed by atoms with Gasteiger partial charge in [-0.2, -0.15) is 10.2 Å². The third-order valence-electron chi connectivity index (χ3n) is 4.40. The number of carbonyl (C=O) groups excluding carboxylic acids is 1. The highest BCUT2D eigenvalue weighted by Crippen LogP contribution is 2.27. The molecule has 2 rings (SSSR count). The summed E-state index contributed by atoms with van der Waals surface area (Å²) in [6, 6.07) is -0.247. The molecule has 6 unspecified atom stereocenters. The third-order valence-corrected chi connectivity index (χ3v) is 4.67. The number of likely N-dealkylation sites (tertiary alicyclic amines) is 1.